The Labute approximate surface area is 134 Å². The number of nitrogens with one attached hydrogen (secondary N) is 2. The number of esters is 1. The van der Waals surface area contributed by atoms with Gasteiger partial charge in [-0.05, 0) is 73.8 Å². The molecule has 1 saturated heterocycles. The van der Waals surface area contributed by atoms with Crippen LogP contribution in [0.1, 0.15) is 43.5 Å². The summed E-state index contributed by atoms with van der Waals surface area (Å²) in [4.78, 5) is 11.7. The van der Waals surface area contributed by atoms with Crippen molar-refractivity contribution in [3.63, 3.8) is 0 Å². The van der Waals surface area contributed by atoms with Gasteiger partial charge in [0.25, 0.3) is 0 Å². The van der Waals surface area contributed by atoms with Crippen molar-refractivity contribution in [3.8, 4) is 0 Å². The minimum Gasteiger partial charge on any atom is -0.462 e. The van der Waals surface area contributed by atoms with E-state index in [2.05, 4.69) is 33.5 Å². The highest BCUT2D eigenvalue weighted by Crippen LogP contribution is 2.25. The van der Waals surface area contributed by atoms with Gasteiger partial charge in [-0.15, -0.1) is 0 Å². The molecule has 1 heterocycles. The molecular weight excluding hydrogens is 332 g/mol. The van der Waals surface area contributed by atoms with Crippen LogP contribution in [0.2, 0.25) is 0 Å². The Hall–Kier alpha value is -1.07. The molecule has 1 aliphatic rings. The number of hydrogen-bond donors (Lipinski definition) is 2. The Balaban J connectivity index is 1.95. The maximum Gasteiger partial charge on any atom is 0.338 e. The van der Waals surface area contributed by atoms with Crippen LogP contribution in [0, 0.1) is 0 Å². The van der Waals surface area contributed by atoms with Crippen LogP contribution in [0.25, 0.3) is 0 Å². The molecule has 2 unspecified atom stereocenters. The van der Waals surface area contributed by atoms with E-state index in [1.54, 1.807) is 12.1 Å². The largest absolute Gasteiger partial charge is 0.462 e. The molecule has 2 N–H and O–H groups in total. The van der Waals surface area contributed by atoms with Crippen LogP contribution in [0.5, 0.6) is 0 Å². The van der Waals surface area contributed by atoms with Crippen LogP contribution in [0.4, 0.5) is 5.69 Å². The highest BCUT2D eigenvalue weighted by atomic mass is 79.9. The number of ether oxygens (including phenoxy) is 1. The molecule has 0 amide bonds. The topological polar surface area (TPSA) is 50.4 Å². The summed E-state index contributed by atoms with van der Waals surface area (Å²) in [5, 5.41) is 7.01. The van der Waals surface area contributed by atoms with Crippen molar-refractivity contribution in [2.24, 2.45) is 0 Å². The molecule has 5 heteroatoms. The smallest absolute Gasteiger partial charge is 0.338 e. The Kier molecular flexibility index (Phi) is 6.06. The van der Waals surface area contributed by atoms with Gasteiger partial charge in [0, 0.05) is 22.2 Å². The summed E-state index contributed by atoms with van der Waals surface area (Å²) >= 11 is 3.52. The van der Waals surface area contributed by atoms with Crippen molar-refractivity contribution in [2.75, 3.05) is 18.5 Å². The van der Waals surface area contributed by atoms with E-state index in [1.165, 1.54) is 12.8 Å². The molecule has 0 radical (unpaired) electrons. The van der Waals surface area contributed by atoms with Crippen molar-refractivity contribution in [2.45, 2.75) is 45.2 Å². The van der Waals surface area contributed by atoms with Crippen molar-refractivity contribution in [1.29, 1.82) is 0 Å². The molecule has 0 aliphatic carbocycles. The SMILES string of the molecule is CCOC(=O)c1ccc(NC(C)CC2CCCN2)c(Br)c1. The molecule has 4 nitrogen and oxygen atoms in total. The molecule has 0 bridgehead atoms. The van der Waals surface area contributed by atoms with E-state index in [9.17, 15) is 4.79 Å². The normalized spacial score (nSPS) is 19.3. The molecule has 1 aromatic carbocycles. The van der Waals surface area contributed by atoms with E-state index < -0.39 is 0 Å². The van der Waals surface area contributed by atoms with Crippen molar-refractivity contribution in [1.82, 2.24) is 5.32 Å². The van der Waals surface area contributed by atoms with E-state index in [0.29, 0.717) is 24.3 Å². The van der Waals surface area contributed by atoms with Gasteiger partial charge in [-0.25, -0.2) is 4.79 Å². The van der Waals surface area contributed by atoms with E-state index in [1.807, 2.05) is 13.0 Å². The first-order chi connectivity index (χ1) is 10.1. The molecule has 1 aliphatic heterocycles. The fourth-order valence-corrected chi connectivity index (χ4v) is 3.18. The second-order valence-electron chi connectivity index (χ2n) is 5.49. The van der Waals surface area contributed by atoms with Gasteiger partial charge in [-0.2, -0.15) is 0 Å². The maximum absolute atomic E-state index is 11.7. The number of benzene rings is 1. The summed E-state index contributed by atoms with van der Waals surface area (Å²) in [5.74, 6) is -0.284. The summed E-state index contributed by atoms with van der Waals surface area (Å²) in [7, 11) is 0. The van der Waals surface area contributed by atoms with Gasteiger partial charge in [0.15, 0.2) is 0 Å². The molecule has 0 spiro atoms. The molecule has 0 saturated carbocycles. The van der Waals surface area contributed by atoms with Crippen LogP contribution in [-0.4, -0.2) is 31.2 Å². The average molecular weight is 355 g/mol. The van der Waals surface area contributed by atoms with Crippen LogP contribution < -0.4 is 10.6 Å². The van der Waals surface area contributed by atoms with Gasteiger partial charge in [-0.3, -0.25) is 0 Å². The Morgan fingerprint density at radius 2 is 2.38 bits per heavy atom. The molecule has 21 heavy (non-hydrogen) atoms. The number of halogens is 1. The molecule has 1 fully saturated rings. The summed E-state index contributed by atoms with van der Waals surface area (Å²) in [6, 6.07) is 6.52. The number of anilines is 1. The second-order valence-corrected chi connectivity index (χ2v) is 6.34. The lowest BCUT2D eigenvalue weighted by Crippen LogP contribution is -2.29. The molecule has 1 aromatic rings. The highest BCUT2D eigenvalue weighted by molar-refractivity contribution is 9.10. The number of carbonyl (C=O) groups excluding carboxylic acids is 1. The fraction of sp³-hybridized carbons (Fsp3) is 0.562. The monoisotopic (exact) mass is 354 g/mol. The zero-order chi connectivity index (χ0) is 15.2. The van der Waals surface area contributed by atoms with E-state index >= 15 is 0 Å². The highest BCUT2D eigenvalue weighted by Gasteiger charge is 2.17. The lowest BCUT2D eigenvalue weighted by atomic mass is 10.1. The van der Waals surface area contributed by atoms with Gasteiger partial charge in [0.05, 0.1) is 12.2 Å². The molecule has 0 aromatic heterocycles. The van der Waals surface area contributed by atoms with Gasteiger partial charge in [0.2, 0.25) is 0 Å². The van der Waals surface area contributed by atoms with Crippen molar-refractivity contribution in [3.05, 3.63) is 28.2 Å². The Morgan fingerprint density at radius 1 is 1.57 bits per heavy atom. The quantitative estimate of drug-likeness (QED) is 0.766. The minimum absolute atomic E-state index is 0.284. The average Bonchev–Trinajstić information content (AvgIpc) is 2.94. The predicted molar refractivity (Wildman–Crippen MR) is 88.8 cm³/mol. The van der Waals surface area contributed by atoms with Crippen LogP contribution >= 0.6 is 15.9 Å². The fourth-order valence-electron chi connectivity index (χ4n) is 2.68. The van der Waals surface area contributed by atoms with E-state index in [-0.39, 0.29) is 5.97 Å². The first kappa shape index (κ1) is 16.3. The Bertz CT molecular complexity index is 487. The summed E-state index contributed by atoms with van der Waals surface area (Å²) < 4.78 is 5.89. The molecule has 2 atom stereocenters. The van der Waals surface area contributed by atoms with E-state index in [0.717, 1.165) is 23.1 Å². The standard InChI is InChI=1S/C16H23BrN2O2/c1-3-21-16(20)12-6-7-15(14(17)10-12)19-11(2)9-13-5-4-8-18-13/h6-7,10-11,13,18-19H,3-5,8-9H2,1-2H3. The lowest BCUT2D eigenvalue weighted by Gasteiger charge is -2.20. The second kappa shape index (κ2) is 7.80. The number of hydrogen-bond acceptors (Lipinski definition) is 4. The summed E-state index contributed by atoms with van der Waals surface area (Å²) in [5.41, 5.74) is 1.58. The third-order valence-electron chi connectivity index (χ3n) is 3.68. The maximum atomic E-state index is 11.7. The van der Waals surface area contributed by atoms with Crippen LogP contribution in [0.15, 0.2) is 22.7 Å². The van der Waals surface area contributed by atoms with Gasteiger partial charge < -0.3 is 15.4 Å². The number of rotatable bonds is 6. The van der Waals surface area contributed by atoms with Gasteiger partial charge >= 0.3 is 5.97 Å². The Morgan fingerprint density at radius 3 is 3.00 bits per heavy atom. The minimum atomic E-state index is -0.284. The molecule has 2 rings (SSSR count). The zero-order valence-corrected chi connectivity index (χ0v) is 14.2. The third-order valence-corrected chi connectivity index (χ3v) is 4.34. The summed E-state index contributed by atoms with van der Waals surface area (Å²) in [6.45, 7) is 5.52. The van der Waals surface area contributed by atoms with E-state index in [4.69, 9.17) is 4.74 Å². The number of carbonyl (C=O) groups is 1. The zero-order valence-electron chi connectivity index (χ0n) is 12.6. The van der Waals surface area contributed by atoms with Gasteiger partial charge in [0.1, 0.15) is 0 Å². The van der Waals surface area contributed by atoms with Crippen molar-refractivity contribution >= 4 is 27.6 Å². The lowest BCUT2D eigenvalue weighted by molar-refractivity contribution is 0.0526. The molecule has 116 valence electrons. The predicted octanol–water partition coefficient (Wildman–Crippen LogP) is 3.57. The van der Waals surface area contributed by atoms with Gasteiger partial charge in [-0.1, -0.05) is 0 Å². The molecular formula is C16H23BrN2O2. The summed E-state index contributed by atoms with van der Waals surface area (Å²) in [6.07, 6.45) is 3.64. The third kappa shape index (κ3) is 4.71. The van der Waals surface area contributed by atoms with Crippen LogP contribution in [0.3, 0.4) is 0 Å². The van der Waals surface area contributed by atoms with Crippen molar-refractivity contribution < 1.29 is 9.53 Å². The first-order valence-corrected chi connectivity index (χ1v) is 8.36. The first-order valence-electron chi connectivity index (χ1n) is 7.56. The van der Waals surface area contributed by atoms with Crippen LogP contribution in [-0.2, 0) is 4.74 Å².